The van der Waals surface area contributed by atoms with Crippen LogP contribution in [0.3, 0.4) is 0 Å². The summed E-state index contributed by atoms with van der Waals surface area (Å²) in [7, 11) is 1.88. The van der Waals surface area contributed by atoms with Gasteiger partial charge in [-0.2, -0.15) is 13.2 Å². The van der Waals surface area contributed by atoms with Crippen molar-refractivity contribution in [3.63, 3.8) is 0 Å². The molecule has 3 aliphatic rings. The molecule has 2 heterocycles. The van der Waals surface area contributed by atoms with Crippen LogP contribution in [-0.4, -0.2) is 48.3 Å². The van der Waals surface area contributed by atoms with Gasteiger partial charge in [0.05, 0.1) is 12.1 Å². The Morgan fingerprint density at radius 1 is 1.28 bits per heavy atom. The van der Waals surface area contributed by atoms with Crippen LogP contribution in [0.1, 0.15) is 85.1 Å². The standard InChI is InChI=1S/C35H44F3N5O2S/c1-6-31(44)42-13-11-24(19-42)10-12-41(5)22(3)25-14-28-29(30(15-25)35(36,37)38)20-43(33(28)45)27-9-7-8-26(16-27)34(17-21(2)18-34)32(40-39)23(4)46/h6-9,14-16,21-22,24,40,46H,1,10-13,17-20,39H2,2-5H3/b32-23-/t21?,22?,24-,34?/m0/s1. The van der Waals surface area contributed by atoms with Gasteiger partial charge in [0.2, 0.25) is 5.91 Å². The quantitative estimate of drug-likeness (QED) is 0.117. The molecule has 248 valence electrons. The zero-order valence-electron chi connectivity index (χ0n) is 27.0. The second-order valence-electron chi connectivity index (χ2n) is 13.3. The Labute approximate surface area is 275 Å². The number of rotatable bonds is 10. The van der Waals surface area contributed by atoms with Crippen molar-refractivity contribution in [3.05, 3.63) is 87.5 Å². The highest BCUT2D eigenvalue weighted by Crippen LogP contribution is 2.53. The highest BCUT2D eigenvalue weighted by Gasteiger charge is 2.48. The first kappa shape index (κ1) is 34.1. The van der Waals surface area contributed by atoms with Crippen molar-refractivity contribution < 1.29 is 22.8 Å². The molecular weight excluding hydrogens is 611 g/mol. The lowest BCUT2D eigenvalue weighted by atomic mass is 9.57. The number of carbonyl (C=O) groups is 2. The summed E-state index contributed by atoms with van der Waals surface area (Å²) in [5.74, 6) is 6.19. The molecule has 1 aliphatic carbocycles. The number of nitrogens with one attached hydrogen (secondary N) is 1. The van der Waals surface area contributed by atoms with E-state index in [1.54, 1.807) is 17.0 Å². The Hall–Kier alpha value is -3.28. The Bertz CT molecular complexity index is 1550. The molecule has 0 radical (unpaired) electrons. The number of hydrogen-bond donors (Lipinski definition) is 3. The number of anilines is 1. The molecule has 2 aromatic rings. The molecule has 0 bridgehead atoms. The van der Waals surface area contributed by atoms with Gasteiger partial charge in [0.15, 0.2) is 0 Å². The van der Waals surface area contributed by atoms with Crippen molar-refractivity contribution in [1.29, 1.82) is 0 Å². The zero-order valence-corrected chi connectivity index (χ0v) is 27.8. The van der Waals surface area contributed by atoms with Gasteiger partial charge in [-0.15, -0.1) is 12.6 Å². The topological polar surface area (TPSA) is 81.9 Å². The van der Waals surface area contributed by atoms with E-state index < -0.39 is 23.1 Å². The van der Waals surface area contributed by atoms with Crippen LogP contribution in [0.2, 0.25) is 0 Å². The van der Waals surface area contributed by atoms with Crippen molar-refractivity contribution in [2.75, 3.05) is 31.6 Å². The van der Waals surface area contributed by atoms with Crippen molar-refractivity contribution >= 4 is 30.1 Å². The number of likely N-dealkylation sites (tertiary alicyclic amines) is 1. The monoisotopic (exact) mass is 655 g/mol. The summed E-state index contributed by atoms with van der Waals surface area (Å²) >= 11 is 4.57. The van der Waals surface area contributed by atoms with E-state index in [4.69, 9.17) is 5.84 Å². The number of thiol groups is 1. The van der Waals surface area contributed by atoms with Crippen LogP contribution < -0.4 is 16.2 Å². The van der Waals surface area contributed by atoms with Crippen LogP contribution in [0.25, 0.3) is 0 Å². The van der Waals surface area contributed by atoms with E-state index in [0.29, 0.717) is 42.7 Å². The number of alkyl halides is 3. The molecule has 2 fully saturated rings. The molecule has 1 saturated carbocycles. The summed E-state index contributed by atoms with van der Waals surface area (Å²) in [6.07, 6.45) is 0.0703. The molecule has 7 nitrogen and oxygen atoms in total. The third kappa shape index (κ3) is 6.33. The maximum atomic E-state index is 14.5. The molecule has 2 atom stereocenters. The van der Waals surface area contributed by atoms with Crippen LogP contribution in [-0.2, 0) is 22.9 Å². The number of allylic oxidation sites excluding steroid dienone is 2. The minimum atomic E-state index is -4.62. The first-order valence-electron chi connectivity index (χ1n) is 15.8. The van der Waals surface area contributed by atoms with Gasteiger partial charge in [-0.05, 0) is 117 Å². The summed E-state index contributed by atoms with van der Waals surface area (Å²) in [6.45, 7) is 11.3. The third-order valence-electron chi connectivity index (χ3n) is 10.3. The molecule has 0 aromatic heterocycles. The van der Waals surface area contributed by atoms with Crippen molar-refractivity contribution in [3.8, 4) is 0 Å². The van der Waals surface area contributed by atoms with E-state index in [1.165, 1.54) is 17.0 Å². The largest absolute Gasteiger partial charge is 0.416 e. The van der Waals surface area contributed by atoms with E-state index >= 15 is 0 Å². The van der Waals surface area contributed by atoms with Crippen LogP contribution >= 0.6 is 12.6 Å². The minimum Gasteiger partial charge on any atom is -0.339 e. The second-order valence-corrected chi connectivity index (χ2v) is 14.0. The summed E-state index contributed by atoms with van der Waals surface area (Å²) < 4.78 is 43.6. The molecule has 5 rings (SSSR count). The Morgan fingerprint density at radius 2 is 2.00 bits per heavy atom. The smallest absolute Gasteiger partial charge is 0.339 e. The summed E-state index contributed by atoms with van der Waals surface area (Å²) in [6, 6.07) is 9.98. The van der Waals surface area contributed by atoms with Gasteiger partial charge < -0.3 is 15.2 Å². The summed E-state index contributed by atoms with van der Waals surface area (Å²) in [5.41, 5.74) is 4.49. The molecular formula is C35H44F3N5O2S. The third-order valence-corrected chi connectivity index (χ3v) is 10.5. The van der Waals surface area contributed by atoms with Gasteiger partial charge in [-0.25, -0.2) is 0 Å². The van der Waals surface area contributed by atoms with E-state index in [9.17, 15) is 22.8 Å². The normalized spacial score (nSPS) is 24.1. The van der Waals surface area contributed by atoms with Gasteiger partial charge in [0, 0.05) is 41.5 Å². The van der Waals surface area contributed by atoms with E-state index in [1.807, 2.05) is 44.0 Å². The summed E-state index contributed by atoms with van der Waals surface area (Å²) in [5, 5.41) is 0. The van der Waals surface area contributed by atoms with Crippen LogP contribution in [0.4, 0.5) is 18.9 Å². The highest BCUT2D eigenvalue weighted by atomic mass is 32.1. The first-order valence-corrected chi connectivity index (χ1v) is 16.3. The van der Waals surface area contributed by atoms with Crippen LogP contribution in [0.5, 0.6) is 0 Å². The van der Waals surface area contributed by atoms with Crippen molar-refractivity contribution in [2.45, 2.75) is 70.6 Å². The Kier molecular flexibility index (Phi) is 9.69. The number of amides is 2. The number of fused-ring (bicyclic) bond motifs is 1. The Balaban J connectivity index is 1.40. The lowest BCUT2D eigenvalue weighted by Crippen LogP contribution is -2.48. The molecule has 2 aliphatic heterocycles. The fraction of sp³-hybridized carbons (Fsp3) is 0.486. The second kappa shape index (κ2) is 13.1. The maximum Gasteiger partial charge on any atom is 0.416 e. The lowest BCUT2D eigenvalue weighted by molar-refractivity contribution is -0.138. The summed E-state index contributed by atoms with van der Waals surface area (Å²) in [4.78, 5) is 31.8. The van der Waals surface area contributed by atoms with Gasteiger partial charge in [0.25, 0.3) is 5.91 Å². The van der Waals surface area contributed by atoms with Crippen molar-refractivity contribution in [2.24, 2.45) is 17.7 Å². The molecule has 2 aromatic carbocycles. The van der Waals surface area contributed by atoms with Gasteiger partial charge in [0.1, 0.15) is 0 Å². The average Bonchev–Trinajstić information content (AvgIpc) is 3.61. The minimum absolute atomic E-state index is 0.00170. The fourth-order valence-electron chi connectivity index (χ4n) is 7.64. The number of hydrazine groups is 1. The van der Waals surface area contributed by atoms with Gasteiger partial charge in [-0.1, -0.05) is 25.6 Å². The van der Waals surface area contributed by atoms with Gasteiger partial charge in [-0.3, -0.25) is 20.3 Å². The molecule has 46 heavy (non-hydrogen) atoms. The molecule has 11 heteroatoms. The average molecular weight is 656 g/mol. The van der Waals surface area contributed by atoms with Gasteiger partial charge >= 0.3 is 6.18 Å². The lowest BCUT2D eigenvalue weighted by Gasteiger charge is -2.49. The predicted molar refractivity (Wildman–Crippen MR) is 178 cm³/mol. The zero-order chi connectivity index (χ0) is 33.6. The highest BCUT2D eigenvalue weighted by molar-refractivity contribution is 7.84. The molecule has 3 N–H and O–H groups in total. The maximum absolute atomic E-state index is 14.5. The van der Waals surface area contributed by atoms with E-state index in [0.717, 1.165) is 41.8 Å². The fourth-order valence-corrected chi connectivity index (χ4v) is 7.92. The van der Waals surface area contributed by atoms with Crippen molar-refractivity contribution in [1.82, 2.24) is 15.2 Å². The molecule has 1 unspecified atom stereocenters. The number of nitrogens with zero attached hydrogens (tertiary/aromatic N) is 3. The van der Waals surface area contributed by atoms with E-state index in [2.05, 4.69) is 31.6 Å². The number of halogens is 3. The molecule has 1 saturated heterocycles. The first-order chi connectivity index (χ1) is 21.7. The SMILES string of the molecule is C=CC(=O)N1CC[C@H](CCN(C)C(C)c2cc3c(c(C(F)(F)F)c2)CN(c2cccc(C4(/C(NN)=C(\C)S)CC(C)C4)c2)C3=O)C1. The number of carbonyl (C=O) groups excluding carboxylic acids is 2. The predicted octanol–water partition coefficient (Wildman–Crippen LogP) is 6.58. The van der Waals surface area contributed by atoms with Crippen LogP contribution in [0.15, 0.2) is 59.7 Å². The van der Waals surface area contributed by atoms with Crippen LogP contribution in [0, 0.1) is 11.8 Å². The van der Waals surface area contributed by atoms with E-state index in [-0.39, 0.29) is 29.6 Å². The Morgan fingerprint density at radius 3 is 2.61 bits per heavy atom. The number of benzene rings is 2. The molecule has 2 amide bonds. The molecule has 0 spiro atoms. The number of hydrogen-bond acceptors (Lipinski definition) is 6. The number of nitrogens with two attached hydrogens (primary N) is 1.